The van der Waals surface area contributed by atoms with Gasteiger partial charge in [-0.15, -0.1) is 0 Å². The van der Waals surface area contributed by atoms with Crippen molar-refractivity contribution in [3.05, 3.63) is 0 Å². The number of aliphatic carboxylic acids is 1. The third-order valence-corrected chi connectivity index (χ3v) is 4.64. The van der Waals surface area contributed by atoms with Crippen LogP contribution in [0.4, 0.5) is 0 Å². The molecule has 2 rings (SSSR count). The van der Waals surface area contributed by atoms with Gasteiger partial charge in [0.05, 0.1) is 0 Å². The summed E-state index contributed by atoms with van der Waals surface area (Å²) in [6, 6.07) is 0.230. The molecule has 0 aromatic rings. The average Bonchev–Trinajstić information content (AvgIpc) is 2.72. The van der Waals surface area contributed by atoms with E-state index in [1.165, 1.54) is 12.8 Å². The summed E-state index contributed by atoms with van der Waals surface area (Å²) >= 11 is 0. The standard InChI is InChI=1S/C13H24N2O2/c1-3-15(4-2)13(12(16)17)8-10-14-9-6-5-7-11(13)14/h11H,3-10H2,1-2H3,(H,16,17). The largest absolute Gasteiger partial charge is 0.480 e. The summed E-state index contributed by atoms with van der Waals surface area (Å²) in [6.45, 7) is 7.83. The molecule has 0 aliphatic carbocycles. The molecule has 0 aromatic heterocycles. The minimum absolute atomic E-state index is 0.230. The SMILES string of the molecule is CCN(CC)C1(C(=O)O)CCN2CCCCC21. The Morgan fingerprint density at radius 2 is 2.06 bits per heavy atom. The Bertz CT molecular complexity index is 291. The van der Waals surface area contributed by atoms with Gasteiger partial charge in [-0.05, 0) is 38.9 Å². The molecule has 2 unspecified atom stereocenters. The van der Waals surface area contributed by atoms with Gasteiger partial charge in [0.15, 0.2) is 0 Å². The van der Waals surface area contributed by atoms with E-state index in [0.29, 0.717) is 0 Å². The molecule has 0 spiro atoms. The van der Waals surface area contributed by atoms with Crippen molar-refractivity contribution in [2.75, 3.05) is 26.2 Å². The second kappa shape index (κ2) is 4.94. The predicted octanol–water partition coefficient (Wildman–Crippen LogP) is 1.41. The molecule has 2 atom stereocenters. The van der Waals surface area contributed by atoms with E-state index in [4.69, 9.17) is 0 Å². The van der Waals surface area contributed by atoms with Crippen LogP contribution in [0.1, 0.15) is 39.5 Å². The van der Waals surface area contributed by atoms with E-state index in [9.17, 15) is 9.90 Å². The molecule has 0 radical (unpaired) electrons. The number of hydrogen-bond donors (Lipinski definition) is 1. The minimum atomic E-state index is -0.621. The predicted molar refractivity (Wildman–Crippen MR) is 67.1 cm³/mol. The zero-order valence-electron chi connectivity index (χ0n) is 11.0. The second-order valence-electron chi connectivity index (χ2n) is 5.20. The summed E-state index contributed by atoms with van der Waals surface area (Å²) in [5, 5.41) is 9.77. The Morgan fingerprint density at radius 3 is 2.65 bits per heavy atom. The highest BCUT2D eigenvalue weighted by molar-refractivity contribution is 5.80. The van der Waals surface area contributed by atoms with Gasteiger partial charge in [0, 0.05) is 12.6 Å². The zero-order chi connectivity index (χ0) is 12.5. The van der Waals surface area contributed by atoms with Gasteiger partial charge in [0.1, 0.15) is 5.54 Å². The number of carboxylic acids is 1. The van der Waals surface area contributed by atoms with E-state index in [-0.39, 0.29) is 6.04 Å². The van der Waals surface area contributed by atoms with E-state index < -0.39 is 11.5 Å². The molecule has 0 saturated carbocycles. The Labute approximate surface area is 104 Å². The van der Waals surface area contributed by atoms with E-state index in [2.05, 4.69) is 23.6 Å². The van der Waals surface area contributed by atoms with Crippen LogP contribution in [-0.4, -0.2) is 58.6 Å². The third kappa shape index (κ3) is 1.87. The van der Waals surface area contributed by atoms with Crippen LogP contribution in [0.25, 0.3) is 0 Å². The Kier molecular flexibility index (Phi) is 3.73. The monoisotopic (exact) mass is 240 g/mol. The topological polar surface area (TPSA) is 43.8 Å². The summed E-state index contributed by atoms with van der Waals surface area (Å²) < 4.78 is 0. The highest BCUT2D eigenvalue weighted by Gasteiger charge is 2.56. The number of nitrogens with zero attached hydrogens (tertiary/aromatic N) is 2. The van der Waals surface area contributed by atoms with Crippen molar-refractivity contribution in [2.24, 2.45) is 0 Å². The van der Waals surface area contributed by atoms with Gasteiger partial charge in [-0.3, -0.25) is 14.6 Å². The summed E-state index contributed by atoms with van der Waals surface area (Å²) in [5.41, 5.74) is -0.621. The lowest BCUT2D eigenvalue weighted by Gasteiger charge is -2.44. The summed E-state index contributed by atoms with van der Waals surface area (Å²) in [4.78, 5) is 16.4. The van der Waals surface area contributed by atoms with Crippen LogP contribution < -0.4 is 0 Å². The lowest BCUT2D eigenvalue weighted by atomic mass is 9.83. The van der Waals surface area contributed by atoms with Crippen molar-refractivity contribution >= 4 is 5.97 Å². The van der Waals surface area contributed by atoms with Gasteiger partial charge in [0.2, 0.25) is 0 Å². The maximum Gasteiger partial charge on any atom is 0.325 e. The van der Waals surface area contributed by atoms with Crippen LogP contribution in [0.3, 0.4) is 0 Å². The molecule has 2 fully saturated rings. The number of carboxylic acid groups (broad SMARTS) is 1. The van der Waals surface area contributed by atoms with Crippen molar-refractivity contribution in [1.29, 1.82) is 0 Å². The van der Waals surface area contributed by atoms with Crippen molar-refractivity contribution in [3.63, 3.8) is 0 Å². The number of piperidine rings is 1. The van der Waals surface area contributed by atoms with Gasteiger partial charge < -0.3 is 5.11 Å². The van der Waals surface area contributed by atoms with E-state index >= 15 is 0 Å². The molecular weight excluding hydrogens is 216 g/mol. The quantitative estimate of drug-likeness (QED) is 0.807. The normalized spacial score (nSPS) is 33.9. The molecule has 2 aliphatic rings. The molecule has 1 N–H and O–H groups in total. The highest BCUT2D eigenvalue weighted by Crippen LogP contribution is 2.39. The lowest BCUT2D eigenvalue weighted by molar-refractivity contribution is -0.154. The van der Waals surface area contributed by atoms with Gasteiger partial charge in [-0.1, -0.05) is 20.3 Å². The van der Waals surface area contributed by atoms with Crippen molar-refractivity contribution in [1.82, 2.24) is 9.80 Å². The minimum Gasteiger partial charge on any atom is -0.480 e. The van der Waals surface area contributed by atoms with Gasteiger partial charge in [0.25, 0.3) is 0 Å². The second-order valence-corrected chi connectivity index (χ2v) is 5.20. The number of fused-ring (bicyclic) bond motifs is 1. The highest BCUT2D eigenvalue weighted by atomic mass is 16.4. The Balaban J connectivity index is 2.31. The van der Waals surface area contributed by atoms with Crippen LogP contribution in [0.5, 0.6) is 0 Å². The smallest absolute Gasteiger partial charge is 0.325 e. The lowest BCUT2D eigenvalue weighted by Crippen LogP contribution is -2.62. The molecule has 17 heavy (non-hydrogen) atoms. The van der Waals surface area contributed by atoms with Crippen LogP contribution in [0.2, 0.25) is 0 Å². The average molecular weight is 240 g/mol. The van der Waals surface area contributed by atoms with Crippen LogP contribution in [-0.2, 0) is 4.79 Å². The van der Waals surface area contributed by atoms with Crippen molar-refractivity contribution in [2.45, 2.75) is 51.1 Å². The molecule has 98 valence electrons. The van der Waals surface area contributed by atoms with Gasteiger partial charge in [-0.2, -0.15) is 0 Å². The van der Waals surface area contributed by atoms with E-state index in [1.54, 1.807) is 0 Å². The number of hydrogen-bond acceptors (Lipinski definition) is 3. The summed E-state index contributed by atoms with van der Waals surface area (Å²) in [6.07, 6.45) is 4.24. The Hall–Kier alpha value is -0.610. The van der Waals surface area contributed by atoms with Gasteiger partial charge in [-0.25, -0.2) is 0 Å². The first-order valence-corrected chi connectivity index (χ1v) is 6.89. The molecule has 4 nitrogen and oxygen atoms in total. The van der Waals surface area contributed by atoms with Gasteiger partial charge >= 0.3 is 5.97 Å². The third-order valence-electron chi connectivity index (χ3n) is 4.64. The van der Waals surface area contributed by atoms with Crippen LogP contribution >= 0.6 is 0 Å². The molecule has 2 aliphatic heterocycles. The van der Waals surface area contributed by atoms with Crippen molar-refractivity contribution in [3.8, 4) is 0 Å². The van der Waals surface area contributed by atoms with Crippen molar-refractivity contribution < 1.29 is 9.90 Å². The van der Waals surface area contributed by atoms with Crippen LogP contribution in [0, 0.1) is 0 Å². The first-order valence-electron chi connectivity index (χ1n) is 6.89. The number of likely N-dealkylation sites (N-methyl/N-ethyl adjacent to an activating group) is 1. The van der Waals surface area contributed by atoms with E-state index in [0.717, 1.165) is 39.0 Å². The molecule has 0 bridgehead atoms. The molecule has 0 aromatic carbocycles. The molecule has 4 heteroatoms. The number of rotatable bonds is 4. The molecule has 2 saturated heterocycles. The fourth-order valence-corrected chi connectivity index (χ4v) is 3.82. The molecular formula is C13H24N2O2. The Morgan fingerprint density at radius 1 is 1.35 bits per heavy atom. The maximum atomic E-state index is 11.9. The fraction of sp³-hybridized carbons (Fsp3) is 0.923. The summed E-state index contributed by atoms with van der Waals surface area (Å²) in [7, 11) is 0. The summed E-state index contributed by atoms with van der Waals surface area (Å²) in [5.74, 6) is -0.615. The number of carbonyl (C=O) groups is 1. The first-order chi connectivity index (χ1) is 8.16. The van der Waals surface area contributed by atoms with E-state index in [1.807, 2.05) is 0 Å². The fourth-order valence-electron chi connectivity index (χ4n) is 3.82. The molecule has 0 amide bonds. The van der Waals surface area contributed by atoms with Crippen LogP contribution in [0.15, 0.2) is 0 Å². The first kappa shape index (κ1) is 12.8. The maximum absolute atomic E-state index is 11.9. The zero-order valence-corrected chi connectivity index (χ0v) is 11.0. The molecule has 2 heterocycles.